The fourth-order valence-corrected chi connectivity index (χ4v) is 2.76. The fourth-order valence-electron chi connectivity index (χ4n) is 1.76. The molecular formula is C14H9BrCl2F3N. The van der Waals surface area contributed by atoms with Crippen molar-refractivity contribution in [2.45, 2.75) is 12.7 Å². The Morgan fingerprint density at radius 2 is 1.62 bits per heavy atom. The Kier molecular flexibility index (Phi) is 5.07. The number of hydrogen-bond donors (Lipinski definition) is 1. The maximum Gasteiger partial charge on any atom is 0.418 e. The minimum atomic E-state index is -4.47. The smallest absolute Gasteiger partial charge is 0.380 e. The molecule has 0 saturated carbocycles. The van der Waals surface area contributed by atoms with Gasteiger partial charge in [-0.1, -0.05) is 45.2 Å². The van der Waals surface area contributed by atoms with E-state index in [1.165, 1.54) is 12.1 Å². The highest BCUT2D eigenvalue weighted by Crippen LogP contribution is 2.36. The maximum absolute atomic E-state index is 13.0. The molecule has 1 N–H and O–H groups in total. The van der Waals surface area contributed by atoms with Crippen molar-refractivity contribution < 1.29 is 13.2 Å². The van der Waals surface area contributed by atoms with Crippen molar-refractivity contribution >= 4 is 44.8 Å². The van der Waals surface area contributed by atoms with Crippen LogP contribution < -0.4 is 5.32 Å². The van der Waals surface area contributed by atoms with E-state index in [1.807, 2.05) is 0 Å². The second-order valence-corrected chi connectivity index (χ2v) is 6.00. The average Bonchev–Trinajstić information content (AvgIpc) is 2.38. The van der Waals surface area contributed by atoms with Gasteiger partial charge < -0.3 is 5.32 Å². The summed E-state index contributed by atoms with van der Waals surface area (Å²) in [4.78, 5) is 0. The molecule has 0 amide bonds. The largest absolute Gasteiger partial charge is 0.418 e. The van der Waals surface area contributed by atoms with Crippen LogP contribution in [-0.4, -0.2) is 0 Å². The summed E-state index contributed by atoms with van der Waals surface area (Å²) in [6.45, 7) is 0.225. The first kappa shape index (κ1) is 16.5. The van der Waals surface area contributed by atoms with Gasteiger partial charge in [-0.2, -0.15) is 13.2 Å². The zero-order valence-corrected chi connectivity index (χ0v) is 13.5. The summed E-state index contributed by atoms with van der Waals surface area (Å²) < 4.78 is 39.6. The van der Waals surface area contributed by atoms with Crippen LogP contribution in [0.1, 0.15) is 11.1 Å². The van der Waals surface area contributed by atoms with Crippen molar-refractivity contribution in [3.63, 3.8) is 0 Å². The number of alkyl halides is 3. The summed E-state index contributed by atoms with van der Waals surface area (Å²) in [6.07, 6.45) is -4.47. The first-order valence-corrected chi connectivity index (χ1v) is 7.37. The first-order valence-electron chi connectivity index (χ1n) is 5.82. The van der Waals surface area contributed by atoms with Gasteiger partial charge in [-0.05, 0) is 35.9 Å². The molecule has 7 heteroatoms. The van der Waals surface area contributed by atoms with Gasteiger partial charge in [0.2, 0.25) is 0 Å². The lowest BCUT2D eigenvalue weighted by molar-refractivity contribution is -0.136. The second kappa shape index (κ2) is 6.46. The van der Waals surface area contributed by atoms with Crippen molar-refractivity contribution in [2.24, 2.45) is 0 Å². The molecular weight excluding hydrogens is 390 g/mol. The summed E-state index contributed by atoms with van der Waals surface area (Å²) >= 11 is 14.8. The number of rotatable bonds is 3. The van der Waals surface area contributed by atoms with Crippen LogP contribution in [0.25, 0.3) is 0 Å². The monoisotopic (exact) mass is 397 g/mol. The zero-order chi connectivity index (χ0) is 15.6. The van der Waals surface area contributed by atoms with E-state index in [0.717, 1.165) is 16.1 Å². The fraction of sp³-hybridized carbons (Fsp3) is 0.143. The van der Waals surface area contributed by atoms with Gasteiger partial charge in [-0.3, -0.25) is 0 Å². The molecule has 0 bridgehead atoms. The SMILES string of the molecule is FC(F)(F)c1cc(Cl)ccc1NCc1ccc(Cl)cc1Br. The molecule has 0 radical (unpaired) electrons. The highest BCUT2D eigenvalue weighted by molar-refractivity contribution is 9.10. The lowest BCUT2D eigenvalue weighted by atomic mass is 10.1. The summed E-state index contributed by atoms with van der Waals surface area (Å²) in [5.41, 5.74) is -0.0173. The van der Waals surface area contributed by atoms with Crippen LogP contribution in [0.4, 0.5) is 18.9 Å². The molecule has 0 aliphatic rings. The van der Waals surface area contributed by atoms with Crippen molar-refractivity contribution in [3.05, 3.63) is 62.0 Å². The second-order valence-electron chi connectivity index (χ2n) is 4.28. The number of hydrogen-bond acceptors (Lipinski definition) is 1. The van der Waals surface area contributed by atoms with Crippen molar-refractivity contribution in [2.75, 3.05) is 5.32 Å². The summed E-state index contributed by atoms with van der Waals surface area (Å²) in [6, 6.07) is 8.73. The zero-order valence-electron chi connectivity index (χ0n) is 10.4. The van der Waals surface area contributed by atoms with Gasteiger partial charge in [0, 0.05) is 26.8 Å². The lowest BCUT2D eigenvalue weighted by Gasteiger charge is -2.15. The van der Waals surface area contributed by atoms with Crippen LogP contribution in [0.3, 0.4) is 0 Å². The predicted molar refractivity (Wildman–Crippen MR) is 82.9 cm³/mol. The highest BCUT2D eigenvalue weighted by Gasteiger charge is 2.33. The van der Waals surface area contributed by atoms with Crippen LogP contribution in [0.5, 0.6) is 0 Å². The quantitative estimate of drug-likeness (QED) is 0.631. The summed E-state index contributed by atoms with van der Waals surface area (Å²) in [5, 5.41) is 3.36. The topological polar surface area (TPSA) is 12.0 Å². The Balaban J connectivity index is 2.24. The normalized spacial score (nSPS) is 11.5. The third kappa shape index (κ3) is 4.28. The van der Waals surface area contributed by atoms with E-state index in [-0.39, 0.29) is 17.3 Å². The Morgan fingerprint density at radius 3 is 2.24 bits per heavy atom. The Labute approximate surface area is 138 Å². The molecule has 0 aliphatic carbocycles. The Bertz CT molecular complexity index is 659. The van der Waals surface area contributed by atoms with Crippen LogP contribution in [0.15, 0.2) is 40.9 Å². The van der Waals surface area contributed by atoms with Crippen molar-refractivity contribution in [1.82, 2.24) is 0 Å². The van der Waals surface area contributed by atoms with E-state index in [4.69, 9.17) is 23.2 Å². The molecule has 112 valence electrons. The molecule has 0 spiro atoms. The third-order valence-corrected chi connectivity index (χ3v) is 3.98. The van der Waals surface area contributed by atoms with Crippen LogP contribution in [0.2, 0.25) is 10.0 Å². The molecule has 0 saturated heterocycles. The standard InChI is InChI=1S/C14H9BrCl2F3N/c15-12-6-10(17)2-1-8(12)7-21-13-4-3-9(16)5-11(13)14(18,19)20/h1-6,21H,7H2. The molecule has 2 aromatic rings. The molecule has 2 aromatic carbocycles. The molecule has 0 heterocycles. The van der Waals surface area contributed by atoms with Gasteiger partial charge in [0.15, 0.2) is 0 Å². The Hall–Kier alpha value is -0.910. The highest BCUT2D eigenvalue weighted by atomic mass is 79.9. The number of halogens is 6. The van der Waals surface area contributed by atoms with Gasteiger partial charge >= 0.3 is 6.18 Å². The molecule has 0 aliphatic heterocycles. The number of anilines is 1. The molecule has 1 nitrogen and oxygen atoms in total. The van der Waals surface area contributed by atoms with E-state index in [1.54, 1.807) is 18.2 Å². The van der Waals surface area contributed by atoms with Crippen LogP contribution in [0, 0.1) is 0 Å². The van der Waals surface area contributed by atoms with Crippen LogP contribution >= 0.6 is 39.1 Å². The molecule has 0 fully saturated rings. The lowest BCUT2D eigenvalue weighted by Crippen LogP contribution is -2.11. The van der Waals surface area contributed by atoms with Gasteiger partial charge in [-0.25, -0.2) is 0 Å². The molecule has 2 rings (SSSR count). The maximum atomic E-state index is 13.0. The van der Waals surface area contributed by atoms with Gasteiger partial charge in [0.1, 0.15) is 0 Å². The summed E-state index contributed by atoms with van der Waals surface area (Å²) in [5.74, 6) is 0. The van der Waals surface area contributed by atoms with Crippen molar-refractivity contribution in [1.29, 1.82) is 0 Å². The van der Waals surface area contributed by atoms with E-state index in [2.05, 4.69) is 21.2 Å². The average molecular weight is 399 g/mol. The third-order valence-electron chi connectivity index (χ3n) is 2.77. The van der Waals surface area contributed by atoms with Gasteiger partial charge in [-0.15, -0.1) is 0 Å². The van der Waals surface area contributed by atoms with Gasteiger partial charge in [0.05, 0.1) is 5.56 Å². The Morgan fingerprint density at radius 1 is 1.00 bits per heavy atom. The molecule has 0 unspecified atom stereocenters. The minimum Gasteiger partial charge on any atom is -0.380 e. The molecule has 21 heavy (non-hydrogen) atoms. The molecule has 0 atom stereocenters. The minimum absolute atomic E-state index is 0.0197. The van der Waals surface area contributed by atoms with E-state index in [9.17, 15) is 13.2 Å². The molecule has 0 aromatic heterocycles. The van der Waals surface area contributed by atoms with E-state index in [0.29, 0.717) is 5.02 Å². The van der Waals surface area contributed by atoms with E-state index >= 15 is 0 Å². The van der Waals surface area contributed by atoms with Crippen LogP contribution in [-0.2, 0) is 12.7 Å². The number of nitrogens with one attached hydrogen (secondary N) is 1. The predicted octanol–water partition coefficient (Wildman–Crippen LogP) is 6.39. The number of benzene rings is 2. The van der Waals surface area contributed by atoms with E-state index < -0.39 is 11.7 Å². The van der Waals surface area contributed by atoms with Crippen molar-refractivity contribution in [3.8, 4) is 0 Å². The van der Waals surface area contributed by atoms with Gasteiger partial charge in [0.25, 0.3) is 0 Å². The first-order chi connectivity index (χ1) is 9.77. The summed E-state index contributed by atoms with van der Waals surface area (Å²) in [7, 11) is 0.